The molecule has 0 saturated carbocycles. The highest BCUT2D eigenvalue weighted by Crippen LogP contribution is 2.34. The maximum absolute atomic E-state index is 13.6. The number of nitrogens with one attached hydrogen (secondary N) is 1. The number of hydrogen-bond acceptors (Lipinski definition) is 4. The molecule has 5 nitrogen and oxygen atoms in total. The minimum Gasteiger partial charge on any atom is -0.366 e. The molecule has 0 bridgehead atoms. The second kappa shape index (κ2) is 6.85. The minimum absolute atomic E-state index is 0.133. The van der Waals surface area contributed by atoms with Crippen molar-refractivity contribution in [3.8, 4) is 0 Å². The lowest BCUT2D eigenvalue weighted by Crippen LogP contribution is -2.35. The van der Waals surface area contributed by atoms with Crippen molar-refractivity contribution in [2.45, 2.75) is 26.2 Å². The van der Waals surface area contributed by atoms with Crippen molar-refractivity contribution in [1.82, 2.24) is 5.32 Å². The molecular formula is C15H22FN3O2. The van der Waals surface area contributed by atoms with E-state index in [1.54, 1.807) is 13.0 Å². The fourth-order valence-corrected chi connectivity index (χ4v) is 2.87. The third kappa shape index (κ3) is 3.69. The summed E-state index contributed by atoms with van der Waals surface area (Å²) in [7, 11) is 1.94. The molecule has 0 aromatic heterocycles. The maximum atomic E-state index is 13.6. The number of nitrogens with zero attached hydrogens (tertiary/aromatic N) is 2. The van der Waals surface area contributed by atoms with E-state index in [0.717, 1.165) is 45.0 Å². The van der Waals surface area contributed by atoms with E-state index in [-0.39, 0.29) is 5.69 Å². The molecule has 1 aromatic carbocycles. The van der Waals surface area contributed by atoms with E-state index >= 15 is 0 Å². The van der Waals surface area contributed by atoms with Gasteiger partial charge in [-0.3, -0.25) is 10.1 Å². The molecule has 1 aliphatic rings. The third-order valence-electron chi connectivity index (χ3n) is 4.21. The molecule has 0 aliphatic carbocycles. The predicted molar refractivity (Wildman–Crippen MR) is 81.3 cm³/mol. The molecule has 116 valence electrons. The molecule has 1 saturated heterocycles. The first kappa shape index (κ1) is 15.7. The number of rotatable bonds is 5. The first-order chi connectivity index (χ1) is 10.0. The van der Waals surface area contributed by atoms with Crippen LogP contribution in [0.2, 0.25) is 0 Å². The monoisotopic (exact) mass is 295 g/mol. The van der Waals surface area contributed by atoms with Crippen molar-refractivity contribution in [2.75, 3.05) is 31.6 Å². The molecule has 6 heteroatoms. The standard InChI is InChI=1S/C15H22FN3O2/c1-11-9-14(15(19(20)21)10-13(11)16)18-7-4-12(5-8-18)3-6-17-2/h9-10,12,17H,3-8H2,1-2H3. The second-order valence-corrected chi connectivity index (χ2v) is 5.67. The van der Waals surface area contributed by atoms with Crippen molar-refractivity contribution in [2.24, 2.45) is 5.92 Å². The van der Waals surface area contributed by atoms with Crippen LogP contribution in [0, 0.1) is 28.8 Å². The molecule has 0 radical (unpaired) electrons. The van der Waals surface area contributed by atoms with Gasteiger partial charge in [-0.2, -0.15) is 0 Å². The van der Waals surface area contributed by atoms with E-state index < -0.39 is 10.7 Å². The van der Waals surface area contributed by atoms with Crippen LogP contribution in [-0.4, -0.2) is 31.6 Å². The van der Waals surface area contributed by atoms with E-state index in [1.807, 2.05) is 11.9 Å². The molecule has 0 atom stereocenters. The topological polar surface area (TPSA) is 58.4 Å². The number of nitro groups is 1. The Morgan fingerprint density at radius 3 is 2.67 bits per heavy atom. The largest absolute Gasteiger partial charge is 0.366 e. The Morgan fingerprint density at radius 2 is 2.10 bits per heavy atom. The second-order valence-electron chi connectivity index (χ2n) is 5.67. The van der Waals surface area contributed by atoms with Crippen molar-refractivity contribution >= 4 is 11.4 Å². The SMILES string of the molecule is CNCCC1CCN(c2cc(C)c(F)cc2[N+](=O)[O-])CC1. The van der Waals surface area contributed by atoms with E-state index in [0.29, 0.717) is 17.2 Å². The Kier molecular flexibility index (Phi) is 5.12. The lowest BCUT2D eigenvalue weighted by molar-refractivity contribution is -0.384. The maximum Gasteiger partial charge on any atom is 0.295 e. The lowest BCUT2D eigenvalue weighted by atomic mass is 9.93. The molecule has 1 fully saturated rings. The van der Waals surface area contributed by atoms with Gasteiger partial charge in [-0.25, -0.2) is 4.39 Å². The van der Waals surface area contributed by atoms with Crippen LogP contribution in [0.15, 0.2) is 12.1 Å². The lowest BCUT2D eigenvalue weighted by Gasteiger charge is -2.33. The molecule has 21 heavy (non-hydrogen) atoms. The smallest absolute Gasteiger partial charge is 0.295 e. The van der Waals surface area contributed by atoms with Crippen LogP contribution in [0.1, 0.15) is 24.8 Å². The molecule has 0 spiro atoms. The fraction of sp³-hybridized carbons (Fsp3) is 0.600. The van der Waals surface area contributed by atoms with Crippen LogP contribution in [-0.2, 0) is 0 Å². The molecule has 2 rings (SSSR count). The number of nitro benzene ring substituents is 1. The van der Waals surface area contributed by atoms with Gasteiger partial charge in [0.25, 0.3) is 5.69 Å². The van der Waals surface area contributed by atoms with Gasteiger partial charge in [0.15, 0.2) is 0 Å². The Morgan fingerprint density at radius 1 is 1.43 bits per heavy atom. The van der Waals surface area contributed by atoms with E-state index in [1.165, 1.54) is 0 Å². The summed E-state index contributed by atoms with van der Waals surface area (Å²) in [4.78, 5) is 12.7. The number of aryl methyl sites for hydroxylation is 1. The first-order valence-electron chi connectivity index (χ1n) is 7.37. The van der Waals surface area contributed by atoms with E-state index in [9.17, 15) is 14.5 Å². The van der Waals surface area contributed by atoms with Crippen LogP contribution in [0.4, 0.5) is 15.8 Å². The summed E-state index contributed by atoms with van der Waals surface area (Å²) in [5.74, 6) is 0.142. The van der Waals surface area contributed by atoms with E-state index in [4.69, 9.17) is 0 Å². The van der Waals surface area contributed by atoms with Gasteiger partial charge < -0.3 is 10.2 Å². The van der Waals surface area contributed by atoms with Gasteiger partial charge in [0.05, 0.1) is 11.0 Å². The third-order valence-corrected chi connectivity index (χ3v) is 4.21. The highest BCUT2D eigenvalue weighted by molar-refractivity contribution is 5.65. The Labute approximate surface area is 124 Å². The minimum atomic E-state index is -0.519. The summed E-state index contributed by atoms with van der Waals surface area (Å²) in [6.45, 7) is 4.23. The average molecular weight is 295 g/mol. The zero-order valence-corrected chi connectivity index (χ0v) is 12.6. The summed E-state index contributed by atoms with van der Waals surface area (Å²) in [5, 5.41) is 14.3. The van der Waals surface area contributed by atoms with Gasteiger partial charge in [-0.05, 0) is 57.3 Å². The van der Waals surface area contributed by atoms with Crippen LogP contribution >= 0.6 is 0 Å². The molecule has 1 N–H and O–H groups in total. The van der Waals surface area contributed by atoms with Crippen LogP contribution in [0.25, 0.3) is 0 Å². The normalized spacial score (nSPS) is 16.2. The van der Waals surface area contributed by atoms with Crippen molar-refractivity contribution in [3.05, 3.63) is 33.6 Å². The van der Waals surface area contributed by atoms with Gasteiger partial charge in [-0.1, -0.05) is 0 Å². The zero-order chi connectivity index (χ0) is 15.4. The fourth-order valence-electron chi connectivity index (χ4n) is 2.87. The summed E-state index contributed by atoms with van der Waals surface area (Å²) < 4.78 is 13.6. The first-order valence-corrected chi connectivity index (χ1v) is 7.37. The Hall–Kier alpha value is -1.69. The van der Waals surface area contributed by atoms with Crippen molar-refractivity contribution < 1.29 is 9.31 Å². The summed E-state index contributed by atoms with van der Waals surface area (Å²) >= 11 is 0. The molecule has 0 amide bonds. The number of halogens is 1. The summed E-state index contributed by atoms with van der Waals surface area (Å²) in [6, 6.07) is 2.64. The number of piperidine rings is 1. The van der Waals surface area contributed by atoms with Crippen LogP contribution in [0.5, 0.6) is 0 Å². The highest BCUT2D eigenvalue weighted by Gasteiger charge is 2.25. The summed E-state index contributed by atoms with van der Waals surface area (Å²) in [5.41, 5.74) is 0.866. The number of anilines is 1. The predicted octanol–water partition coefficient (Wildman–Crippen LogP) is 2.87. The number of hydrogen-bond donors (Lipinski definition) is 1. The van der Waals surface area contributed by atoms with Gasteiger partial charge >= 0.3 is 0 Å². The van der Waals surface area contributed by atoms with Crippen molar-refractivity contribution in [1.29, 1.82) is 0 Å². The van der Waals surface area contributed by atoms with Crippen molar-refractivity contribution in [3.63, 3.8) is 0 Å². The molecule has 1 aromatic rings. The van der Waals surface area contributed by atoms with Gasteiger partial charge in [0.1, 0.15) is 11.5 Å². The van der Waals surface area contributed by atoms with Crippen LogP contribution < -0.4 is 10.2 Å². The van der Waals surface area contributed by atoms with Gasteiger partial charge in [0.2, 0.25) is 0 Å². The summed E-state index contributed by atoms with van der Waals surface area (Å²) in [6.07, 6.45) is 3.18. The molecular weight excluding hydrogens is 273 g/mol. The Balaban J connectivity index is 2.12. The molecule has 1 heterocycles. The highest BCUT2D eigenvalue weighted by atomic mass is 19.1. The number of benzene rings is 1. The van der Waals surface area contributed by atoms with Gasteiger partial charge in [-0.15, -0.1) is 0 Å². The molecule has 0 unspecified atom stereocenters. The van der Waals surface area contributed by atoms with Gasteiger partial charge in [0, 0.05) is 13.1 Å². The quantitative estimate of drug-likeness (QED) is 0.670. The Bertz CT molecular complexity index is 514. The average Bonchev–Trinajstić information content (AvgIpc) is 2.48. The van der Waals surface area contributed by atoms with Crippen LogP contribution in [0.3, 0.4) is 0 Å². The zero-order valence-electron chi connectivity index (χ0n) is 12.6. The van der Waals surface area contributed by atoms with E-state index in [2.05, 4.69) is 5.32 Å². The molecule has 1 aliphatic heterocycles.